The van der Waals surface area contributed by atoms with Crippen LogP contribution in [0.15, 0.2) is 18.2 Å². The molecular formula is C20H29N3O2. The number of nitrogens with one attached hydrogen (secondary N) is 2. The molecule has 0 aromatic heterocycles. The quantitative estimate of drug-likeness (QED) is 0.876. The van der Waals surface area contributed by atoms with Gasteiger partial charge >= 0.3 is 0 Å². The molecular weight excluding hydrogens is 314 g/mol. The Kier molecular flexibility index (Phi) is 4.69. The van der Waals surface area contributed by atoms with Crippen molar-refractivity contribution in [3.63, 3.8) is 0 Å². The largest absolute Gasteiger partial charge is 0.378 e. The summed E-state index contributed by atoms with van der Waals surface area (Å²) in [5.41, 5.74) is 4.01. The SMILES string of the molecule is Cc1ccc(CNC(=O)C2CC23CCNCC3)c(N2CCOCC2)c1. The minimum absolute atomic E-state index is 0.229. The highest BCUT2D eigenvalue weighted by atomic mass is 16.5. The van der Waals surface area contributed by atoms with Gasteiger partial charge in [-0.3, -0.25) is 4.79 Å². The Morgan fingerprint density at radius 2 is 2.08 bits per heavy atom. The lowest BCUT2D eigenvalue weighted by molar-refractivity contribution is -0.123. The Labute approximate surface area is 150 Å². The summed E-state index contributed by atoms with van der Waals surface area (Å²) in [6.07, 6.45) is 3.37. The molecule has 2 N–H and O–H groups in total. The van der Waals surface area contributed by atoms with Crippen LogP contribution in [-0.2, 0) is 16.1 Å². The number of ether oxygens (including phenoxy) is 1. The van der Waals surface area contributed by atoms with E-state index in [1.165, 1.54) is 16.8 Å². The summed E-state index contributed by atoms with van der Waals surface area (Å²) in [4.78, 5) is 15.0. The van der Waals surface area contributed by atoms with Gasteiger partial charge in [0.2, 0.25) is 5.91 Å². The fourth-order valence-corrected chi connectivity index (χ4v) is 4.42. The molecule has 1 aromatic carbocycles. The van der Waals surface area contributed by atoms with Crippen LogP contribution in [0.1, 0.15) is 30.4 Å². The van der Waals surface area contributed by atoms with Gasteiger partial charge in [0, 0.05) is 31.2 Å². The second-order valence-corrected chi connectivity index (χ2v) is 7.82. The molecule has 1 spiro atoms. The predicted molar refractivity (Wildman–Crippen MR) is 98.7 cm³/mol. The lowest BCUT2D eigenvalue weighted by atomic mass is 9.92. The highest BCUT2D eigenvalue weighted by Gasteiger charge is 2.57. The van der Waals surface area contributed by atoms with Crippen LogP contribution in [0.2, 0.25) is 0 Å². The standard InChI is InChI=1S/C20H29N3O2/c1-15-2-3-16(18(12-15)23-8-10-25-11-9-23)14-22-19(24)17-13-20(17)4-6-21-7-5-20/h2-3,12,17,21H,4-11,13-14H2,1H3,(H,22,24). The van der Waals surface area contributed by atoms with Crippen molar-refractivity contribution in [2.75, 3.05) is 44.3 Å². The van der Waals surface area contributed by atoms with Crippen molar-refractivity contribution in [1.82, 2.24) is 10.6 Å². The summed E-state index contributed by atoms with van der Waals surface area (Å²) in [5.74, 6) is 0.474. The summed E-state index contributed by atoms with van der Waals surface area (Å²) >= 11 is 0. The van der Waals surface area contributed by atoms with E-state index in [0.717, 1.165) is 58.7 Å². The van der Waals surface area contributed by atoms with Crippen LogP contribution in [0.25, 0.3) is 0 Å². The van der Waals surface area contributed by atoms with Gasteiger partial charge in [-0.2, -0.15) is 0 Å². The number of aryl methyl sites for hydroxylation is 1. The summed E-state index contributed by atoms with van der Waals surface area (Å²) in [7, 11) is 0. The maximum atomic E-state index is 12.6. The number of morpholine rings is 1. The van der Waals surface area contributed by atoms with E-state index in [2.05, 4.69) is 40.7 Å². The summed E-state index contributed by atoms with van der Waals surface area (Å²) in [6.45, 7) is 8.25. The molecule has 2 heterocycles. The molecule has 2 saturated heterocycles. The Balaban J connectivity index is 1.40. The van der Waals surface area contributed by atoms with Crippen LogP contribution in [0.5, 0.6) is 0 Å². The predicted octanol–water partition coefficient (Wildman–Crippen LogP) is 1.84. The molecule has 5 heteroatoms. The second kappa shape index (κ2) is 6.96. The maximum absolute atomic E-state index is 12.6. The smallest absolute Gasteiger partial charge is 0.223 e. The Morgan fingerprint density at radius 3 is 2.84 bits per heavy atom. The van der Waals surface area contributed by atoms with Crippen molar-refractivity contribution in [3.8, 4) is 0 Å². The van der Waals surface area contributed by atoms with Crippen molar-refractivity contribution in [2.45, 2.75) is 32.7 Å². The molecule has 2 aliphatic heterocycles. The number of nitrogens with zero attached hydrogens (tertiary/aromatic N) is 1. The average molecular weight is 343 g/mol. The lowest BCUT2D eigenvalue weighted by Crippen LogP contribution is -2.37. The van der Waals surface area contributed by atoms with Crippen molar-refractivity contribution in [2.24, 2.45) is 11.3 Å². The average Bonchev–Trinajstić information content (AvgIpc) is 3.34. The topological polar surface area (TPSA) is 53.6 Å². The Morgan fingerprint density at radius 1 is 1.32 bits per heavy atom. The van der Waals surface area contributed by atoms with E-state index in [4.69, 9.17) is 4.74 Å². The molecule has 1 aromatic rings. The number of carbonyl (C=O) groups excluding carboxylic acids is 1. The number of amides is 1. The van der Waals surface area contributed by atoms with Gasteiger partial charge in [-0.1, -0.05) is 12.1 Å². The first-order valence-corrected chi connectivity index (χ1v) is 9.59. The van der Waals surface area contributed by atoms with E-state index in [1.54, 1.807) is 0 Å². The zero-order chi connectivity index (χ0) is 17.3. The zero-order valence-corrected chi connectivity index (χ0v) is 15.1. The summed E-state index contributed by atoms with van der Waals surface area (Å²) < 4.78 is 5.48. The fraction of sp³-hybridized carbons (Fsp3) is 0.650. The van der Waals surface area contributed by atoms with Gasteiger partial charge in [-0.15, -0.1) is 0 Å². The van der Waals surface area contributed by atoms with Crippen molar-refractivity contribution < 1.29 is 9.53 Å². The van der Waals surface area contributed by atoms with Crippen molar-refractivity contribution >= 4 is 11.6 Å². The van der Waals surface area contributed by atoms with Crippen LogP contribution in [0.3, 0.4) is 0 Å². The Bertz CT molecular complexity index is 634. The molecule has 0 bridgehead atoms. The molecule has 3 fully saturated rings. The lowest BCUT2D eigenvalue weighted by Gasteiger charge is -2.31. The molecule has 3 aliphatic rings. The van der Waals surface area contributed by atoms with E-state index in [9.17, 15) is 4.79 Å². The number of anilines is 1. The van der Waals surface area contributed by atoms with Gasteiger partial charge in [0.15, 0.2) is 0 Å². The van der Waals surface area contributed by atoms with E-state index in [-0.39, 0.29) is 11.8 Å². The van der Waals surface area contributed by atoms with Gasteiger partial charge in [0.05, 0.1) is 13.2 Å². The number of hydrogen-bond acceptors (Lipinski definition) is 4. The van der Waals surface area contributed by atoms with E-state index in [0.29, 0.717) is 12.0 Å². The number of rotatable bonds is 4. The number of piperidine rings is 1. The van der Waals surface area contributed by atoms with Gasteiger partial charge in [-0.25, -0.2) is 0 Å². The van der Waals surface area contributed by atoms with E-state index >= 15 is 0 Å². The Hall–Kier alpha value is -1.59. The molecule has 1 saturated carbocycles. The van der Waals surface area contributed by atoms with Gasteiger partial charge in [-0.05, 0) is 61.9 Å². The van der Waals surface area contributed by atoms with Gasteiger partial charge in [0.1, 0.15) is 0 Å². The number of hydrogen-bond donors (Lipinski definition) is 2. The van der Waals surface area contributed by atoms with Crippen LogP contribution in [0, 0.1) is 18.3 Å². The first kappa shape index (κ1) is 16.9. The van der Waals surface area contributed by atoms with Crippen LogP contribution >= 0.6 is 0 Å². The van der Waals surface area contributed by atoms with Crippen molar-refractivity contribution in [1.29, 1.82) is 0 Å². The normalized spacial score (nSPS) is 25.0. The molecule has 1 aliphatic carbocycles. The third kappa shape index (κ3) is 3.53. The highest BCUT2D eigenvalue weighted by Crippen LogP contribution is 2.58. The van der Waals surface area contributed by atoms with E-state index in [1.807, 2.05) is 0 Å². The van der Waals surface area contributed by atoms with E-state index < -0.39 is 0 Å². The zero-order valence-electron chi connectivity index (χ0n) is 15.1. The molecule has 1 atom stereocenters. The highest BCUT2D eigenvalue weighted by molar-refractivity contribution is 5.82. The molecule has 136 valence electrons. The minimum atomic E-state index is 0.229. The van der Waals surface area contributed by atoms with Crippen molar-refractivity contribution in [3.05, 3.63) is 29.3 Å². The summed E-state index contributed by atoms with van der Waals surface area (Å²) in [5, 5.41) is 6.61. The monoisotopic (exact) mass is 343 g/mol. The number of benzene rings is 1. The molecule has 5 nitrogen and oxygen atoms in total. The van der Waals surface area contributed by atoms with Crippen LogP contribution < -0.4 is 15.5 Å². The fourth-order valence-electron chi connectivity index (χ4n) is 4.42. The van der Waals surface area contributed by atoms with Crippen LogP contribution in [-0.4, -0.2) is 45.3 Å². The van der Waals surface area contributed by atoms with Gasteiger partial charge < -0.3 is 20.3 Å². The first-order chi connectivity index (χ1) is 12.2. The van der Waals surface area contributed by atoms with Gasteiger partial charge in [0.25, 0.3) is 0 Å². The first-order valence-electron chi connectivity index (χ1n) is 9.59. The molecule has 0 radical (unpaired) electrons. The second-order valence-electron chi connectivity index (χ2n) is 7.82. The minimum Gasteiger partial charge on any atom is -0.378 e. The maximum Gasteiger partial charge on any atom is 0.223 e. The summed E-state index contributed by atoms with van der Waals surface area (Å²) in [6, 6.07) is 6.53. The third-order valence-corrected chi connectivity index (χ3v) is 6.15. The molecule has 4 rings (SSSR count). The molecule has 1 amide bonds. The molecule has 1 unspecified atom stereocenters. The van der Waals surface area contributed by atoms with Crippen LogP contribution in [0.4, 0.5) is 5.69 Å². The third-order valence-electron chi connectivity index (χ3n) is 6.15. The molecule has 25 heavy (non-hydrogen) atoms. The number of carbonyl (C=O) groups is 1.